The van der Waals surface area contributed by atoms with Crippen LogP contribution in [-0.4, -0.2) is 29.9 Å². The van der Waals surface area contributed by atoms with Crippen molar-refractivity contribution in [3.8, 4) is 5.75 Å². The molecule has 1 heterocycles. The van der Waals surface area contributed by atoms with Crippen LogP contribution in [0.5, 0.6) is 5.75 Å². The summed E-state index contributed by atoms with van der Waals surface area (Å²) in [5.41, 5.74) is 7.46. The van der Waals surface area contributed by atoms with E-state index in [0.29, 0.717) is 39.9 Å². The van der Waals surface area contributed by atoms with Gasteiger partial charge in [-0.05, 0) is 55.0 Å². The van der Waals surface area contributed by atoms with Crippen LogP contribution in [0, 0.1) is 0 Å². The first-order chi connectivity index (χ1) is 14.9. The van der Waals surface area contributed by atoms with E-state index in [1.165, 1.54) is 11.3 Å². The summed E-state index contributed by atoms with van der Waals surface area (Å²) in [7, 11) is 1.57. The SMILES string of the molecule is COc1ccc(NC(=O)Nc2nc(CCC(=O)Nc3ccc(C(N)=O)cc3)cs2)cc1. The Labute approximate surface area is 182 Å². The van der Waals surface area contributed by atoms with Crippen molar-refractivity contribution in [2.45, 2.75) is 12.8 Å². The maximum Gasteiger partial charge on any atom is 0.325 e. The van der Waals surface area contributed by atoms with Gasteiger partial charge in [-0.3, -0.25) is 14.9 Å². The van der Waals surface area contributed by atoms with Gasteiger partial charge in [-0.15, -0.1) is 11.3 Å². The lowest BCUT2D eigenvalue weighted by Gasteiger charge is -2.06. The number of carbonyl (C=O) groups excluding carboxylic acids is 3. The third-order valence-corrected chi connectivity index (χ3v) is 4.99. The molecule has 10 heteroatoms. The van der Waals surface area contributed by atoms with Gasteiger partial charge >= 0.3 is 6.03 Å². The number of ether oxygens (including phenoxy) is 1. The number of nitrogens with zero attached hydrogens (tertiary/aromatic N) is 1. The maximum absolute atomic E-state index is 12.1. The number of rotatable bonds is 8. The summed E-state index contributed by atoms with van der Waals surface area (Å²) >= 11 is 1.28. The monoisotopic (exact) mass is 439 g/mol. The smallest absolute Gasteiger partial charge is 0.325 e. The van der Waals surface area contributed by atoms with E-state index in [1.807, 2.05) is 0 Å². The van der Waals surface area contributed by atoms with Crippen LogP contribution in [0.2, 0.25) is 0 Å². The summed E-state index contributed by atoms with van der Waals surface area (Å²) in [6.07, 6.45) is 0.641. The minimum Gasteiger partial charge on any atom is -0.497 e. The molecule has 1 aromatic heterocycles. The van der Waals surface area contributed by atoms with E-state index in [-0.39, 0.29) is 12.3 Å². The molecular formula is C21H21N5O4S. The van der Waals surface area contributed by atoms with Crippen LogP contribution in [0.25, 0.3) is 0 Å². The molecule has 9 nitrogen and oxygen atoms in total. The molecule has 160 valence electrons. The number of methoxy groups -OCH3 is 1. The van der Waals surface area contributed by atoms with Crippen LogP contribution in [-0.2, 0) is 11.2 Å². The number of urea groups is 1. The lowest BCUT2D eigenvalue weighted by molar-refractivity contribution is -0.116. The number of primary amides is 1. The number of hydrogen-bond acceptors (Lipinski definition) is 6. The molecule has 0 radical (unpaired) electrons. The van der Waals surface area contributed by atoms with Gasteiger partial charge in [-0.1, -0.05) is 0 Å². The van der Waals surface area contributed by atoms with E-state index >= 15 is 0 Å². The molecule has 0 fully saturated rings. The summed E-state index contributed by atoms with van der Waals surface area (Å²) in [5, 5.41) is 10.3. The second-order valence-electron chi connectivity index (χ2n) is 6.44. The molecule has 0 saturated carbocycles. The number of thiazole rings is 1. The molecule has 3 aromatic rings. The number of nitrogens with one attached hydrogen (secondary N) is 3. The minimum absolute atomic E-state index is 0.188. The van der Waals surface area contributed by atoms with Gasteiger partial charge < -0.3 is 21.1 Å². The first kappa shape index (κ1) is 21.8. The highest BCUT2D eigenvalue weighted by Gasteiger charge is 2.10. The van der Waals surface area contributed by atoms with Gasteiger partial charge in [0.05, 0.1) is 12.8 Å². The quantitative estimate of drug-likeness (QED) is 0.426. The number of benzene rings is 2. The van der Waals surface area contributed by atoms with Gasteiger partial charge in [0.2, 0.25) is 11.8 Å². The van der Waals surface area contributed by atoms with Gasteiger partial charge in [0.1, 0.15) is 5.75 Å². The zero-order valence-electron chi connectivity index (χ0n) is 16.7. The summed E-state index contributed by atoms with van der Waals surface area (Å²) in [6.45, 7) is 0. The first-order valence-corrected chi connectivity index (χ1v) is 10.2. The summed E-state index contributed by atoms with van der Waals surface area (Å²) in [4.78, 5) is 39.6. The fourth-order valence-electron chi connectivity index (χ4n) is 2.60. The van der Waals surface area contributed by atoms with E-state index < -0.39 is 11.9 Å². The second-order valence-corrected chi connectivity index (χ2v) is 7.30. The van der Waals surface area contributed by atoms with Crippen LogP contribution in [0.1, 0.15) is 22.5 Å². The Hall–Kier alpha value is -3.92. The van der Waals surface area contributed by atoms with Gasteiger partial charge in [0, 0.05) is 28.7 Å². The molecule has 3 rings (SSSR count). The highest BCUT2D eigenvalue weighted by molar-refractivity contribution is 7.13. The fourth-order valence-corrected chi connectivity index (χ4v) is 3.34. The summed E-state index contributed by atoms with van der Waals surface area (Å²) < 4.78 is 5.08. The molecular weight excluding hydrogens is 418 g/mol. The van der Waals surface area contributed by atoms with E-state index in [2.05, 4.69) is 20.9 Å². The van der Waals surface area contributed by atoms with E-state index in [9.17, 15) is 14.4 Å². The van der Waals surface area contributed by atoms with Crippen LogP contribution in [0.15, 0.2) is 53.9 Å². The molecule has 4 amide bonds. The number of anilines is 3. The van der Waals surface area contributed by atoms with Crippen LogP contribution in [0.4, 0.5) is 21.3 Å². The second kappa shape index (κ2) is 10.2. The fraction of sp³-hybridized carbons (Fsp3) is 0.143. The normalized spacial score (nSPS) is 10.2. The standard InChI is InChI=1S/C21H21N5O4S/c1-30-17-9-6-15(7-10-17)24-20(29)26-21-25-16(12-31-21)8-11-18(27)23-14-4-2-13(3-5-14)19(22)28/h2-7,9-10,12H,8,11H2,1H3,(H2,22,28)(H,23,27)(H2,24,25,26,29). The molecule has 0 aliphatic carbocycles. The van der Waals surface area contributed by atoms with Crippen molar-refractivity contribution >= 4 is 45.7 Å². The Morgan fingerprint density at radius 2 is 1.61 bits per heavy atom. The number of amides is 4. The lowest BCUT2D eigenvalue weighted by Crippen LogP contribution is -2.19. The van der Waals surface area contributed by atoms with E-state index in [0.717, 1.165) is 0 Å². The number of carbonyl (C=O) groups is 3. The Bertz CT molecular complexity index is 1060. The van der Waals surface area contributed by atoms with Crippen molar-refractivity contribution in [1.82, 2.24) is 4.98 Å². The highest BCUT2D eigenvalue weighted by Crippen LogP contribution is 2.19. The van der Waals surface area contributed by atoms with Gasteiger partial charge in [0.15, 0.2) is 5.13 Å². The predicted molar refractivity (Wildman–Crippen MR) is 120 cm³/mol. The topological polar surface area (TPSA) is 135 Å². The third kappa shape index (κ3) is 6.54. The zero-order chi connectivity index (χ0) is 22.2. The average molecular weight is 439 g/mol. The van der Waals surface area contributed by atoms with Crippen LogP contribution >= 0.6 is 11.3 Å². The third-order valence-electron chi connectivity index (χ3n) is 4.18. The van der Waals surface area contributed by atoms with Crippen molar-refractivity contribution in [3.05, 3.63) is 65.2 Å². The Balaban J connectivity index is 1.45. The van der Waals surface area contributed by atoms with E-state index in [4.69, 9.17) is 10.5 Å². The molecule has 0 saturated heterocycles. The largest absolute Gasteiger partial charge is 0.497 e. The van der Waals surface area contributed by atoms with Crippen molar-refractivity contribution in [2.24, 2.45) is 5.73 Å². The molecule has 0 spiro atoms. The van der Waals surface area contributed by atoms with Crippen molar-refractivity contribution in [1.29, 1.82) is 0 Å². The van der Waals surface area contributed by atoms with Gasteiger partial charge in [0.25, 0.3) is 0 Å². The molecule has 2 aromatic carbocycles. The molecule has 0 aliphatic rings. The molecule has 5 N–H and O–H groups in total. The first-order valence-electron chi connectivity index (χ1n) is 9.29. The number of aromatic nitrogens is 1. The van der Waals surface area contributed by atoms with Crippen molar-refractivity contribution in [2.75, 3.05) is 23.1 Å². The van der Waals surface area contributed by atoms with E-state index in [1.54, 1.807) is 61.0 Å². The minimum atomic E-state index is -0.525. The molecule has 0 aliphatic heterocycles. The number of nitrogens with two attached hydrogens (primary N) is 1. The Kier molecular flexibility index (Phi) is 7.17. The molecule has 31 heavy (non-hydrogen) atoms. The highest BCUT2D eigenvalue weighted by atomic mass is 32.1. The summed E-state index contributed by atoms with van der Waals surface area (Å²) in [6, 6.07) is 12.9. The van der Waals surface area contributed by atoms with Gasteiger partial charge in [-0.25, -0.2) is 9.78 Å². The van der Waals surface area contributed by atoms with Crippen molar-refractivity contribution in [3.63, 3.8) is 0 Å². The molecule has 0 bridgehead atoms. The molecule has 0 unspecified atom stereocenters. The number of aryl methyl sites for hydroxylation is 1. The van der Waals surface area contributed by atoms with Crippen LogP contribution in [0.3, 0.4) is 0 Å². The molecule has 0 atom stereocenters. The van der Waals surface area contributed by atoms with Crippen LogP contribution < -0.4 is 26.4 Å². The lowest BCUT2D eigenvalue weighted by atomic mass is 10.2. The Morgan fingerprint density at radius 1 is 0.968 bits per heavy atom. The van der Waals surface area contributed by atoms with Crippen molar-refractivity contribution < 1.29 is 19.1 Å². The zero-order valence-corrected chi connectivity index (χ0v) is 17.5. The predicted octanol–water partition coefficient (Wildman–Crippen LogP) is 3.47. The Morgan fingerprint density at radius 3 is 2.26 bits per heavy atom. The number of hydrogen-bond donors (Lipinski definition) is 4. The van der Waals surface area contributed by atoms with Gasteiger partial charge in [-0.2, -0.15) is 0 Å². The summed E-state index contributed by atoms with van der Waals surface area (Å²) in [5.74, 6) is -0.0164. The maximum atomic E-state index is 12.1. The average Bonchev–Trinajstić information content (AvgIpc) is 3.20.